The molecule has 2 unspecified atom stereocenters. The summed E-state index contributed by atoms with van der Waals surface area (Å²) in [4.78, 5) is 31.9. The molecule has 0 aliphatic carbocycles. The zero-order chi connectivity index (χ0) is 13.4. The second-order valence-corrected chi connectivity index (χ2v) is 4.57. The molecule has 5 N–H and O–H groups in total. The maximum atomic E-state index is 11.2. The van der Waals surface area contributed by atoms with Gasteiger partial charge in [-0.2, -0.15) is 11.8 Å². The highest BCUT2D eigenvalue weighted by molar-refractivity contribution is 7.99. The van der Waals surface area contributed by atoms with Crippen molar-refractivity contribution in [2.24, 2.45) is 11.7 Å². The molecule has 0 aliphatic heterocycles. The van der Waals surface area contributed by atoms with E-state index in [0.29, 0.717) is 5.75 Å². The molecule has 7 nitrogen and oxygen atoms in total. The van der Waals surface area contributed by atoms with Gasteiger partial charge in [0.2, 0.25) is 5.91 Å². The Morgan fingerprint density at radius 1 is 1.29 bits per heavy atom. The molecule has 0 heterocycles. The van der Waals surface area contributed by atoms with Gasteiger partial charge in [0, 0.05) is 11.5 Å². The minimum Gasteiger partial charge on any atom is -0.481 e. The molecule has 8 heteroatoms. The first-order valence-corrected chi connectivity index (χ1v) is 6.05. The number of rotatable bonds is 8. The van der Waals surface area contributed by atoms with Crippen LogP contribution in [0.1, 0.15) is 6.92 Å². The van der Waals surface area contributed by atoms with E-state index in [0.717, 1.165) is 0 Å². The fraction of sp³-hybridized carbons (Fsp3) is 0.667. The highest BCUT2D eigenvalue weighted by atomic mass is 32.2. The van der Waals surface area contributed by atoms with Gasteiger partial charge in [0.25, 0.3) is 0 Å². The van der Waals surface area contributed by atoms with Gasteiger partial charge in [-0.3, -0.25) is 14.4 Å². The van der Waals surface area contributed by atoms with E-state index in [2.05, 4.69) is 5.32 Å². The van der Waals surface area contributed by atoms with Crippen LogP contribution in [0.5, 0.6) is 0 Å². The number of amides is 1. The minimum atomic E-state index is -1.14. The molecule has 98 valence electrons. The molecule has 0 fully saturated rings. The molecule has 0 spiro atoms. The van der Waals surface area contributed by atoms with E-state index >= 15 is 0 Å². The van der Waals surface area contributed by atoms with E-state index in [1.165, 1.54) is 11.8 Å². The van der Waals surface area contributed by atoms with Gasteiger partial charge < -0.3 is 21.3 Å². The largest absolute Gasteiger partial charge is 0.481 e. The molecule has 1 amide bonds. The Morgan fingerprint density at radius 3 is 2.35 bits per heavy atom. The lowest BCUT2D eigenvalue weighted by Crippen LogP contribution is -2.44. The summed E-state index contributed by atoms with van der Waals surface area (Å²) in [6, 6.07) is -0.833. The predicted molar refractivity (Wildman–Crippen MR) is 62.7 cm³/mol. The van der Waals surface area contributed by atoms with Crippen LogP contribution in [0.15, 0.2) is 0 Å². The van der Waals surface area contributed by atoms with Crippen molar-refractivity contribution in [2.45, 2.75) is 13.0 Å². The van der Waals surface area contributed by atoms with E-state index in [1.54, 1.807) is 6.92 Å². The molecule has 0 aromatic rings. The summed E-state index contributed by atoms with van der Waals surface area (Å²) in [5.41, 5.74) is 5.49. The number of carbonyl (C=O) groups is 3. The van der Waals surface area contributed by atoms with Crippen LogP contribution in [0, 0.1) is 5.92 Å². The third-order valence-corrected chi connectivity index (χ3v) is 3.17. The molecule has 0 aliphatic rings. The van der Waals surface area contributed by atoms with Crippen LogP contribution < -0.4 is 11.1 Å². The van der Waals surface area contributed by atoms with Gasteiger partial charge >= 0.3 is 11.9 Å². The van der Waals surface area contributed by atoms with Gasteiger partial charge in [-0.1, -0.05) is 6.92 Å². The number of carboxylic acids is 2. The maximum Gasteiger partial charge on any atom is 0.322 e. The van der Waals surface area contributed by atoms with Crippen molar-refractivity contribution in [2.75, 3.05) is 18.1 Å². The van der Waals surface area contributed by atoms with Crippen LogP contribution in [0.2, 0.25) is 0 Å². The average Bonchev–Trinajstić information content (AvgIpc) is 2.25. The molecular formula is C9H16N2O5S. The summed E-state index contributed by atoms with van der Waals surface area (Å²) >= 11 is 1.25. The molecule has 0 aromatic carbocycles. The van der Waals surface area contributed by atoms with Crippen LogP contribution in [0.4, 0.5) is 0 Å². The van der Waals surface area contributed by atoms with Gasteiger partial charge in [0.1, 0.15) is 6.54 Å². The third-order valence-electron chi connectivity index (χ3n) is 1.84. The first kappa shape index (κ1) is 15.7. The maximum absolute atomic E-state index is 11.2. The molecule has 0 saturated carbocycles. The van der Waals surface area contributed by atoms with E-state index in [-0.39, 0.29) is 5.75 Å². The van der Waals surface area contributed by atoms with Crippen molar-refractivity contribution in [3.05, 3.63) is 0 Å². The smallest absolute Gasteiger partial charge is 0.322 e. The van der Waals surface area contributed by atoms with Crippen LogP contribution >= 0.6 is 11.8 Å². The number of aliphatic carboxylic acids is 2. The molecule has 17 heavy (non-hydrogen) atoms. The Balaban J connectivity index is 3.78. The zero-order valence-corrected chi connectivity index (χ0v) is 10.2. The molecule has 0 aromatic heterocycles. The second kappa shape index (κ2) is 7.91. The lowest BCUT2D eigenvalue weighted by molar-refractivity contribution is -0.140. The average molecular weight is 264 g/mol. The van der Waals surface area contributed by atoms with E-state index in [4.69, 9.17) is 15.9 Å². The summed E-state index contributed by atoms with van der Waals surface area (Å²) in [7, 11) is 0. The number of hydrogen-bond acceptors (Lipinski definition) is 5. The number of hydrogen-bond donors (Lipinski definition) is 4. The number of nitrogens with two attached hydrogens (primary N) is 1. The lowest BCUT2D eigenvalue weighted by Gasteiger charge is -2.11. The monoisotopic (exact) mass is 264 g/mol. The van der Waals surface area contributed by atoms with Crippen molar-refractivity contribution < 1.29 is 24.6 Å². The third kappa shape index (κ3) is 7.58. The van der Waals surface area contributed by atoms with Crippen LogP contribution in [0.25, 0.3) is 0 Å². The summed E-state index contributed by atoms with van der Waals surface area (Å²) in [6.07, 6.45) is 0. The Bertz CT molecular complexity index is 297. The summed E-state index contributed by atoms with van der Waals surface area (Å²) in [5, 5.41) is 19.1. The Hall–Kier alpha value is -1.28. The van der Waals surface area contributed by atoms with Crippen molar-refractivity contribution >= 4 is 29.6 Å². The van der Waals surface area contributed by atoms with E-state index < -0.39 is 36.4 Å². The summed E-state index contributed by atoms with van der Waals surface area (Å²) < 4.78 is 0. The fourth-order valence-electron chi connectivity index (χ4n) is 0.813. The fourth-order valence-corrected chi connectivity index (χ4v) is 1.85. The molecular weight excluding hydrogens is 248 g/mol. The first-order valence-electron chi connectivity index (χ1n) is 4.90. The van der Waals surface area contributed by atoms with E-state index in [1.807, 2.05) is 0 Å². The SMILES string of the molecule is CC(CSCC(N)C(=O)NCC(=O)O)C(=O)O. The van der Waals surface area contributed by atoms with Crippen molar-refractivity contribution in [3.8, 4) is 0 Å². The number of nitrogens with one attached hydrogen (secondary N) is 1. The highest BCUT2D eigenvalue weighted by Crippen LogP contribution is 2.09. The van der Waals surface area contributed by atoms with Crippen LogP contribution in [-0.2, 0) is 14.4 Å². The minimum absolute atomic E-state index is 0.253. The Labute approximate surface area is 103 Å². The normalized spacial score (nSPS) is 13.8. The molecule has 0 radical (unpaired) electrons. The molecule has 0 rings (SSSR count). The van der Waals surface area contributed by atoms with E-state index in [9.17, 15) is 14.4 Å². The van der Waals surface area contributed by atoms with Crippen molar-refractivity contribution in [1.82, 2.24) is 5.32 Å². The Kier molecular flexibility index (Phi) is 7.31. The van der Waals surface area contributed by atoms with Gasteiger partial charge in [0.15, 0.2) is 0 Å². The zero-order valence-electron chi connectivity index (χ0n) is 9.38. The molecule has 0 bridgehead atoms. The predicted octanol–water partition coefficient (Wildman–Crippen LogP) is -1.03. The molecule has 0 saturated heterocycles. The van der Waals surface area contributed by atoms with Crippen LogP contribution in [-0.4, -0.2) is 52.2 Å². The van der Waals surface area contributed by atoms with Gasteiger partial charge in [-0.15, -0.1) is 0 Å². The van der Waals surface area contributed by atoms with Crippen molar-refractivity contribution in [3.63, 3.8) is 0 Å². The summed E-state index contributed by atoms with van der Waals surface area (Å²) in [5.74, 6) is -2.49. The van der Waals surface area contributed by atoms with Crippen molar-refractivity contribution in [1.29, 1.82) is 0 Å². The van der Waals surface area contributed by atoms with Gasteiger partial charge in [-0.05, 0) is 0 Å². The topological polar surface area (TPSA) is 130 Å². The quantitative estimate of drug-likeness (QED) is 0.441. The van der Waals surface area contributed by atoms with Gasteiger partial charge in [0.05, 0.1) is 12.0 Å². The highest BCUT2D eigenvalue weighted by Gasteiger charge is 2.16. The number of thioether (sulfide) groups is 1. The second-order valence-electron chi connectivity index (χ2n) is 3.49. The standard InChI is InChI=1S/C9H16N2O5S/c1-5(9(15)16)3-17-4-6(10)8(14)11-2-7(12)13/h5-6H,2-4,10H2,1H3,(H,11,14)(H,12,13)(H,15,16). The lowest BCUT2D eigenvalue weighted by atomic mass is 10.2. The van der Waals surface area contributed by atoms with Gasteiger partial charge in [-0.25, -0.2) is 0 Å². The molecule has 2 atom stereocenters. The number of carboxylic acid groups (broad SMARTS) is 2. The van der Waals surface area contributed by atoms with Crippen LogP contribution in [0.3, 0.4) is 0 Å². The first-order chi connectivity index (χ1) is 7.84. The Morgan fingerprint density at radius 2 is 1.88 bits per heavy atom. The number of carbonyl (C=O) groups excluding carboxylic acids is 1. The summed E-state index contributed by atoms with van der Waals surface area (Å²) in [6.45, 7) is 1.09.